The predicted octanol–water partition coefficient (Wildman–Crippen LogP) is 4.07. The second kappa shape index (κ2) is 6.59. The van der Waals surface area contributed by atoms with Gasteiger partial charge in [-0.1, -0.05) is 19.8 Å². The average Bonchev–Trinajstić information content (AvgIpc) is 2.98. The number of aryl methyl sites for hydroxylation is 1. The Morgan fingerprint density at radius 3 is 2.65 bits per heavy atom. The zero-order valence-electron chi connectivity index (χ0n) is 13.0. The van der Waals surface area contributed by atoms with Crippen molar-refractivity contribution in [1.82, 2.24) is 10.2 Å². The molecule has 0 aliphatic heterocycles. The quantitative estimate of drug-likeness (QED) is 0.815. The molecule has 0 unspecified atom stereocenters. The van der Waals surface area contributed by atoms with Gasteiger partial charge in [-0.25, -0.2) is 0 Å². The normalized spacial score (nSPS) is 20.1. The molecule has 1 aromatic rings. The number of nitrogens with one attached hydrogen (secondary N) is 1. The third-order valence-corrected chi connectivity index (χ3v) is 5.93. The Balaban J connectivity index is 1.59. The molecule has 0 amide bonds. The molecule has 3 heteroatoms. The fourth-order valence-corrected chi connectivity index (χ4v) is 4.36. The van der Waals surface area contributed by atoms with E-state index in [1.165, 1.54) is 54.8 Å². The molecule has 0 saturated heterocycles. The average molecular weight is 292 g/mol. The maximum atomic E-state index is 3.63. The zero-order valence-corrected chi connectivity index (χ0v) is 13.8. The first-order chi connectivity index (χ1) is 9.76. The topological polar surface area (TPSA) is 15.3 Å². The highest BCUT2D eigenvalue weighted by molar-refractivity contribution is 7.12. The minimum Gasteiger partial charge on any atom is -0.309 e. The molecule has 0 spiro atoms. The van der Waals surface area contributed by atoms with E-state index in [-0.39, 0.29) is 0 Å². The second-order valence-corrected chi connectivity index (χ2v) is 7.79. The minimum atomic E-state index is 0.812. The van der Waals surface area contributed by atoms with Gasteiger partial charge in [-0.15, -0.1) is 11.3 Å². The van der Waals surface area contributed by atoms with Crippen LogP contribution in [0.15, 0.2) is 6.07 Å². The maximum Gasteiger partial charge on any atom is 0.0302 e. The summed E-state index contributed by atoms with van der Waals surface area (Å²) in [5, 5.41) is 3.63. The summed E-state index contributed by atoms with van der Waals surface area (Å²) in [5.41, 5.74) is 1.57. The molecule has 0 atom stereocenters. The molecular formula is C17H28N2S. The van der Waals surface area contributed by atoms with Gasteiger partial charge in [0.25, 0.3) is 0 Å². The van der Waals surface area contributed by atoms with Crippen LogP contribution in [0.1, 0.15) is 60.8 Å². The van der Waals surface area contributed by atoms with Gasteiger partial charge in [0, 0.05) is 34.9 Å². The van der Waals surface area contributed by atoms with Gasteiger partial charge < -0.3 is 5.32 Å². The molecule has 2 fully saturated rings. The third-order valence-electron chi connectivity index (χ3n) is 4.83. The van der Waals surface area contributed by atoms with Crippen molar-refractivity contribution in [3.63, 3.8) is 0 Å². The van der Waals surface area contributed by atoms with E-state index in [2.05, 4.69) is 30.1 Å². The van der Waals surface area contributed by atoms with Crippen LogP contribution in [0.2, 0.25) is 0 Å². The van der Waals surface area contributed by atoms with Crippen LogP contribution >= 0.6 is 11.3 Å². The van der Waals surface area contributed by atoms with Gasteiger partial charge >= 0.3 is 0 Å². The van der Waals surface area contributed by atoms with Gasteiger partial charge in [-0.05, 0) is 50.8 Å². The van der Waals surface area contributed by atoms with Gasteiger partial charge in [0.05, 0.1) is 0 Å². The van der Waals surface area contributed by atoms with E-state index in [1.54, 1.807) is 5.56 Å². The minimum absolute atomic E-state index is 0.812. The van der Waals surface area contributed by atoms with Crippen LogP contribution in [0.25, 0.3) is 0 Å². The first-order valence-electron chi connectivity index (χ1n) is 8.32. The molecule has 2 nitrogen and oxygen atoms in total. The summed E-state index contributed by atoms with van der Waals surface area (Å²) < 4.78 is 0. The van der Waals surface area contributed by atoms with E-state index in [1.807, 2.05) is 11.3 Å². The lowest BCUT2D eigenvalue weighted by Gasteiger charge is -2.27. The smallest absolute Gasteiger partial charge is 0.0302 e. The maximum absolute atomic E-state index is 3.63. The highest BCUT2D eigenvalue weighted by Crippen LogP contribution is 2.28. The highest BCUT2D eigenvalue weighted by Gasteiger charge is 2.23. The third kappa shape index (κ3) is 3.63. The van der Waals surface area contributed by atoms with E-state index in [0.29, 0.717) is 0 Å². The largest absolute Gasteiger partial charge is 0.309 e. The summed E-state index contributed by atoms with van der Waals surface area (Å²) in [6, 6.07) is 4.10. The molecule has 1 heterocycles. The van der Waals surface area contributed by atoms with E-state index in [9.17, 15) is 0 Å². The van der Waals surface area contributed by atoms with Crippen molar-refractivity contribution in [2.45, 2.75) is 77.5 Å². The lowest BCUT2D eigenvalue weighted by molar-refractivity contribution is 0.200. The van der Waals surface area contributed by atoms with Crippen LogP contribution in [0.5, 0.6) is 0 Å². The van der Waals surface area contributed by atoms with Crippen molar-refractivity contribution in [2.75, 3.05) is 6.54 Å². The van der Waals surface area contributed by atoms with Crippen LogP contribution in [0.3, 0.4) is 0 Å². The monoisotopic (exact) mass is 292 g/mol. The Bertz CT molecular complexity index is 430. The van der Waals surface area contributed by atoms with Crippen LogP contribution < -0.4 is 5.32 Å². The standard InChI is InChI=1S/C17H28N2S/c1-3-19(16-6-4-5-7-16)12-14-10-17(20-13(14)2)11-18-15-8-9-15/h10,15-16,18H,3-9,11-12H2,1-2H3. The Morgan fingerprint density at radius 2 is 2.00 bits per heavy atom. The number of hydrogen-bond donors (Lipinski definition) is 1. The van der Waals surface area contributed by atoms with Gasteiger partial charge in [-0.3, -0.25) is 4.90 Å². The van der Waals surface area contributed by atoms with E-state index >= 15 is 0 Å². The highest BCUT2D eigenvalue weighted by atomic mass is 32.1. The molecule has 0 aromatic carbocycles. The molecule has 1 N–H and O–H groups in total. The lowest BCUT2D eigenvalue weighted by atomic mass is 10.1. The SMILES string of the molecule is CCN(Cc1cc(CNC2CC2)sc1C)C1CCCC1. The lowest BCUT2D eigenvalue weighted by Crippen LogP contribution is -2.32. The number of nitrogens with zero attached hydrogens (tertiary/aromatic N) is 1. The Labute approximate surface area is 127 Å². The molecule has 1 aromatic heterocycles. The summed E-state index contributed by atoms with van der Waals surface area (Å²) in [6.45, 7) is 8.03. The van der Waals surface area contributed by atoms with Crippen molar-refractivity contribution in [1.29, 1.82) is 0 Å². The van der Waals surface area contributed by atoms with Crippen molar-refractivity contribution < 1.29 is 0 Å². The first-order valence-corrected chi connectivity index (χ1v) is 9.13. The molecule has 0 bridgehead atoms. The number of rotatable bonds is 7. The van der Waals surface area contributed by atoms with Gasteiger partial charge in [-0.2, -0.15) is 0 Å². The van der Waals surface area contributed by atoms with Gasteiger partial charge in [0.15, 0.2) is 0 Å². The molecular weight excluding hydrogens is 264 g/mol. The van der Waals surface area contributed by atoms with E-state index < -0.39 is 0 Å². The molecule has 3 rings (SSSR count). The van der Waals surface area contributed by atoms with Crippen LogP contribution in [-0.4, -0.2) is 23.5 Å². The van der Waals surface area contributed by atoms with Crippen molar-refractivity contribution >= 4 is 11.3 Å². The summed E-state index contributed by atoms with van der Waals surface area (Å²) in [7, 11) is 0. The fraction of sp³-hybridized carbons (Fsp3) is 0.765. The summed E-state index contributed by atoms with van der Waals surface area (Å²) in [4.78, 5) is 5.74. The van der Waals surface area contributed by atoms with Crippen LogP contribution in [0.4, 0.5) is 0 Å². The summed E-state index contributed by atoms with van der Waals surface area (Å²) >= 11 is 1.99. The molecule has 2 aliphatic rings. The Kier molecular flexibility index (Phi) is 4.79. The van der Waals surface area contributed by atoms with Crippen LogP contribution in [0, 0.1) is 6.92 Å². The van der Waals surface area contributed by atoms with Crippen molar-refractivity contribution in [2.24, 2.45) is 0 Å². The van der Waals surface area contributed by atoms with Crippen molar-refractivity contribution in [3.8, 4) is 0 Å². The molecule has 20 heavy (non-hydrogen) atoms. The first kappa shape index (κ1) is 14.6. The van der Waals surface area contributed by atoms with E-state index in [4.69, 9.17) is 0 Å². The molecule has 2 aliphatic carbocycles. The zero-order chi connectivity index (χ0) is 13.9. The summed E-state index contributed by atoms with van der Waals surface area (Å²) in [5.74, 6) is 0. The Morgan fingerprint density at radius 1 is 1.25 bits per heavy atom. The summed E-state index contributed by atoms with van der Waals surface area (Å²) in [6.07, 6.45) is 8.44. The van der Waals surface area contributed by atoms with Gasteiger partial charge in [0.2, 0.25) is 0 Å². The van der Waals surface area contributed by atoms with Gasteiger partial charge in [0.1, 0.15) is 0 Å². The number of thiophene rings is 1. The molecule has 2 saturated carbocycles. The number of hydrogen-bond acceptors (Lipinski definition) is 3. The van der Waals surface area contributed by atoms with Crippen molar-refractivity contribution in [3.05, 3.63) is 21.4 Å². The fourth-order valence-electron chi connectivity index (χ4n) is 3.35. The second-order valence-electron chi connectivity index (χ2n) is 6.45. The predicted molar refractivity (Wildman–Crippen MR) is 87.3 cm³/mol. The molecule has 112 valence electrons. The van der Waals surface area contributed by atoms with E-state index in [0.717, 1.165) is 25.2 Å². The van der Waals surface area contributed by atoms with Crippen LogP contribution in [-0.2, 0) is 13.1 Å². The molecule has 0 radical (unpaired) electrons. The Hall–Kier alpha value is -0.380.